The molecule has 3 rings (SSSR count). The largest absolute Gasteiger partial charge is 0.492 e. The van der Waals surface area contributed by atoms with Crippen molar-refractivity contribution in [1.82, 2.24) is 4.98 Å². The smallest absolute Gasteiger partial charge is 0.244 e. The van der Waals surface area contributed by atoms with Gasteiger partial charge in [0.15, 0.2) is 11.6 Å². The molecule has 26 heavy (non-hydrogen) atoms. The average molecular weight is 361 g/mol. The molecule has 0 bridgehead atoms. The second kappa shape index (κ2) is 6.36. The Bertz CT molecular complexity index is 886. The molecule has 2 heterocycles. The molecule has 8 heteroatoms. The number of hydrogen-bond acceptors (Lipinski definition) is 4. The minimum Gasteiger partial charge on any atom is -0.492 e. The highest BCUT2D eigenvalue weighted by Crippen LogP contribution is 2.49. The molecule has 2 amide bonds. The van der Waals surface area contributed by atoms with Crippen LogP contribution in [0.1, 0.15) is 24.5 Å². The lowest BCUT2D eigenvalue weighted by atomic mass is 9.73. The topological polar surface area (TPSA) is 85.5 Å². The van der Waals surface area contributed by atoms with Gasteiger partial charge in [0.2, 0.25) is 11.8 Å². The Labute approximate surface area is 148 Å². The molecule has 1 atom stereocenters. The second-order valence-electron chi connectivity index (χ2n) is 5.96. The van der Waals surface area contributed by atoms with E-state index in [2.05, 4.69) is 4.98 Å². The lowest BCUT2D eigenvalue weighted by Crippen LogP contribution is -2.44. The third-order valence-corrected chi connectivity index (χ3v) is 4.66. The van der Waals surface area contributed by atoms with Gasteiger partial charge in [-0.1, -0.05) is 19.1 Å². The molecule has 2 N–H and O–H groups in total. The van der Waals surface area contributed by atoms with E-state index in [0.717, 1.165) is 11.1 Å². The van der Waals surface area contributed by atoms with Gasteiger partial charge in [0.25, 0.3) is 0 Å². The summed E-state index contributed by atoms with van der Waals surface area (Å²) in [5.74, 6) is -2.64. The van der Waals surface area contributed by atoms with Gasteiger partial charge in [0, 0.05) is 0 Å². The molecule has 136 valence electrons. The van der Waals surface area contributed by atoms with E-state index in [1.807, 2.05) is 0 Å². The van der Waals surface area contributed by atoms with Crippen LogP contribution in [0.3, 0.4) is 0 Å². The zero-order chi connectivity index (χ0) is 19.1. The van der Waals surface area contributed by atoms with Crippen LogP contribution in [0, 0.1) is 11.6 Å². The van der Waals surface area contributed by atoms with E-state index in [4.69, 9.17) is 10.5 Å². The summed E-state index contributed by atoms with van der Waals surface area (Å²) >= 11 is 0. The van der Waals surface area contributed by atoms with Gasteiger partial charge >= 0.3 is 0 Å². The van der Waals surface area contributed by atoms with Crippen LogP contribution < -0.4 is 15.4 Å². The SMILES string of the molecule is CC[C@]1(c2ccc(F)cc2)C(=O)N(CC(N)=O)c2ncc(OC)c(F)c21. The standard InChI is InChI=1S/C18H17F2N3O3/c1-3-18(10-4-6-11(19)7-5-10)14-15(20)12(26-2)8-22-16(14)23(17(18)25)9-13(21)24/h4-8H,3,9H2,1-2H3,(H2,21,24)/t18-/m1/s1. The van der Waals surface area contributed by atoms with Gasteiger partial charge in [0.1, 0.15) is 23.6 Å². The van der Waals surface area contributed by atoms with Crippen LogP contribution in [-0.4, -0.2) is 30.5 Å². The highest BCUT2D eigenvalue weighted by atomic mass is 19.1. The number of ether oxygens (including phenoxy) is 1. The van der Waals surface area contributed by atoms with Crippen molar-refractivity contribution in [2.45, 2.75) is 18.8 Å². The van der Waals surface area contributed by atoms with Crippen LogP contribution in [0.5, 0.6) is 5.75 Å². The molecule has 0 saturated carbocycles. The van der Waals surface area contributed by atoms with Gasteiger partial charge in [0.05, 0.1) is 18.9 Å². The Morgan fingerprint density at radius 2 is 1.96 bits per heavy atom. The van der Waals surface area contributed by atoms with Crippen molar-refractivity contribution in [3.05, 3.63) is 53.2 Å². The van der Waals surface area contributed by atoms with Crippen LogP contribution in [0.4, 0.5) is 14.6 Å². The van der Waals surface area contributed by atoms with Gasteiger partial charge in [-0.15, -0.1) is 0 Å². The Balaban J connectivity index is 2.33. The first-order chi connectivity index (χ1) is 12.4. The maximum atomic E-state index is 15.2. The van der Waals surface area contributed by atoms with Crippen molar-refractivity contribution in [3.63, 3.8) is 0 Å². The van der Waals surface area contributed by atoms with Crippen LogP contribution in [0.15, 0.2) is 30.5 Å². The van der Waals surface area contributed by atoms with Crippen molar-refractivity contribution in [1.29, 1.82) is 0 Å². The summed E-state index contributed by atoms with van der Waals surface area (Å²) in [4.78, 5) is 29.9. The first-order valence-corrected chi connectivity index (χ1v) is 7.96. The number of aromatic nitrogens is 1. The fourth-order valence-corrected chi connectivity index (χ4v) is 3.46. The Morgan fingerprint density at radius 3 is 2.50 bits per heavy atom. The predicted octanol–water partition coefficient (Wildman–Crippen LogP) is 1.90. The maximum absolute atomic E-state index is 15.2. The number of benzene rings is 1. The number of hydrogen-bond donors (Lipinski definition) is 1. The number of carbonyl (C=O) groups excluding carboxylic acids is 2. The third-order valence-electron chi connectivity index (χ3n) is 4.66. The highest BCUT2D eigenvalue weighted by molar-refractivity contribution is 6.11. The van der Waals surface area contributed by atoms with E-state index in [1.165, 1.54) is 31.4 Å². The van der Waals surface area contributed by atoms with Crippen LogP contribution in [-0.2, 0) is 15.0 Å². The number of pyridine rings is 1. The van der Waals surface area contributed by atoms with E-state index in [9.17, 15) is 14.0 Å². The summed E-state index contributed by atoms with van der Waals surface area (Å²) in [6.07, 6.45) is 1.32. The first-order valence-electron chi connectivity index (χ1n) is 7.96. The van der Waals surface area contributed by atoms with Crippen molar-refractivity contribution < 1.29 is 23.1 Å². The molecule has 1 aliphatic heterocycles. The zero-order valence-corrected chi connectivity index (χ0v) is 14.3. The fraction of sp³-hybridized carbons (Fsp3) is 0.278. The average Bonchev–Trinajstić information content (AvgIpc) is 2.85. The van der Waals surface area contributed by atoms with Gasteiger partial charge in [-0.2, -0.15) is 0 Å². The van der Waals surface area contributed by atoms with Gasteiger partial charge < -0.3 is 10.5 Å². The number of primary amides is 1. The Morgan fingerprint density at radius 1 is 1.31 bits per heavy atom. The Hall–Kier alpha value is -3.03. The van der Waals surface area contributed by atoms with Crippen molar-refractivity contribution in [2.75, 3.05) is 18.6 Å². The number of halogens is 2. The van der Waals surface area contributed by atoms with Crippen LogP contribution >= 0.6 is 0 Å². The van der Waals surface area contributed by atoms with Gasteiger partial charge in [-0.05, 0) is 24.1 Å². The number of anilines is 1. The summed E-state index contributed by atoms with van der Waals surface area (Å²) in [6, 6.07) is 5.24. The number of amides is 2. The molecule has 1 aromatic carbocycles. The molecule has 0 unspecified atom stereocenters. The van der Waals surface area contributed by atoms with Crippen molar-refractivity contribution >= 4 is 17.6 Å². The van der Waals surface area contributed by atoms with E-state index in [1.54, 1.807) is 6.92 Å². The molecular weight excluding hydrogens is 344 g/mol. The van der Waals surface area contributed by atoms with Crippen molar-refractivity contribution in [2.24, 2.45) is 5.73 Å². The monoisotopic (exact) mass is 361 g/mol. The molecule has 0 spiro atoms. The minimum absolute atomic E-state index is 0.00259. The highest BCUT2D eigenvalue weighted by Gasteiger charge is 2.54. The van der Waals surface area contributed by atoms with Crippen LogP contribution in [0.2, 0.25) is 0 Å². The molecule has 0 fully saturated rings. The number of rotatable bonds is 5. The minimum atomic E-state index is -1.45. The quantitative estimate of drug-likeness (QED) is 0.881. The van der Waals surface area contributed by atoms with Gasteiger partial charge in [-0.25, -0.2) is 13.8 Å². The number of nitrogens with two attached hydrogens (primary N) is 1. The summed E-state index contributed by atoms with van der Waals surface area (Å²) in [5.41, 5.74) is 4.19. The van der Waals surface area contributed by atoms with E-state index in [-0.39, 0.29) is 23.6 Å². The van der Waals surface area contributed by atoms with Gasteiger partial charge in [-0.3, -0.25) is 14.5 Å². The van der Waals surface area contributed by atoms with Crippen LogP contribution in [0.25, 0.3) is 0 Å². The second-order valence-corrected chi connectivity index (χ2v) is 5.96. The molecule has 6 nitrogen and oxygen atoms in total. The lowest BCUT2D eigenvalue weighted by Gasteiger charge is -2.28. The predicted molar refractivity (Wildman–Crippen MR) is 89.8 cm³/mol. The summed E-state index contributed by atoms with van der Waals surface area (Å²) in [5, 5.41) is 0. The van der Waals surface area contributed by atoms with E-state index in [0.29, 0.717) is 5.56 Å². The summed E-state index contributed by atoms with van der Waals surface area (Å²) in [6.45, 7) is 1.27. The van der Waals surface area contributed by atoms with Crippen molar-refractivity contribution in [3.8, 4) is 5.75 Å². The Kier molecular flexibility index (Phi) is 4.35. The van der Waals surface area contributed by atoms with E-state index < -0.39 is 35.4 Å². The number of fused-ring (bicyclic) bond motifs is 1. The maximum Gasteiger partial charge on any atom is 0.244 e. The number of methoxy groups -OCH3 is 1. The number of nitrogens with zero attached hydrogens (tertiary/aromatic N) is 2. The number of carbonyl (C=O) groups is 2. The molecule has 1 aromatic heterocycles. The molecular formula is C18H17F2N3O3. The summed E-state index contributed by atoms with van der Waals surface area (Å²) in [7, 11) is 1.29. The normalized spacial score (nSPS) is 18.8. The molecule has 0 aliphatic carbocycles. The fourth-order valence-electron chi connectivity index (χ4n) is 3.46. The molecule has 1 aliphatic rings. The summed E-state index contributed by atoms with van der Waals surface area (Å²) < 4.78 is 33.5. The first kappa shape index (κ1) is 17.8. The molecule has 2 aromatic rings. The molecule has 0 radical (unpaired) electrons. The van der Waals surface area contributed by atoms with E-state index >= 15 is 4.39 Å². The lowest BCUT2D eigenvalue weighted by molar-refractivity contribution is -0.124. The third kappa shape index (κ3) is 2.40. The molecule has 0 saturated heterocycles. The zero-order valence-electron chi connectivity index (χ0n) is 14.3.